The molecule has 0 fully saturated rings. The van der Waals surface area contributed by atoms with Crippen LogP contribution in [-0.4, -0.2) is 18.9 Å². The Bertz CT molecular complexity index is 147. The Labute approximate surface area is 54.8 Å². The highest BCUT2D eigenvalue weighted by molar-refractivity contribution is 7.93. The van der Waals surface area contributed by atoms with Gasteiger partial charge in [0.25, 0.3) is 0 Å². The van der Waals surface area contributed by atoms with Crippen LogP contribution in [0, 0.1) is 0 Å². The van der Waals surface area contributed by atoms with Crippen molar-refractivity contribution < 1.29 is 8.42 Å². The lowest BCUT2D eigenvalue weighted by molar-refractivity contribution is 0.595. The number of hydrogen-bond donors (Lipinski definition) is 0. The minimum atomic E-state index is -2.97. The van der Waals surface area contributed by atoms with Gasteiger partial charge < -0.3 is 0 Å². The largest absolute Gasteiger partial charge is 0.227 e. The van der Waals surface area contributed by atoms with E-state index in [0.29, 0.717) is 0 Å². The number of halogens is 1. The van der Waals surface area contributed by atoms with Gasteiger partial charge in [0, 0.05) is 5.75 Å². The number of rotatable bonds is 2. The highest BCUT2D eigenvalue weighted by Crippen LogP contribution is 2.04. The van der Waals surface area contributed by atoms with Crippen LogP contribution in [0.15, 0.2) is 0 Å². The molecule has 2 nitrogen and oxygen atoms in total. The molecule has 0 unspecified atom stereocenters. The molecular weight excluding hydrogens is 148 g/mol. The van der Waals surface area contributed by atoms with Crippen LogP contribution in [0.4, 0.5) is 0 Å². The Kier molecular flexibility index (Phi) is 2.77. The molecule has 1 atom stereocenters. The summed E-state index contributed by atoms with van der Waals surface area (Å²) in [4.78, 5) is 0. The molecule has 0 aliphatic carbocycles. The van der Waals surface area contributed by atoms with Crippen LogP contribution in [0.1, 0.15) is 13.8 Å². The predicted octanol–water partition coefficient (Wildman–Crippen LogP) is 1.01. The third-order valence-electron chi connectivity index (χ3n) is 0.897. The zero-order valence-corrected chi connectivity index (χ0v) is 6.46. The topological polar surface area (TPSA) is 34.1 Å². The normalized spacial score (nSPS) is 15.9. The van der Waals surface area contributed by atoms with Gasteiger partial charge in [-0.25, -0.2) is 8.42 Å². The van der Waals surface area contributed by atoms with E-state index < -0.39 is 14.5 Å². The van der Waals surface area contributed by atoms with Crippen molar-refractivity contribution in [1.29, 1.82) is 0 Å². The minimum absolute atomic E-state index is 0.123. The summed E-state index contributed by atoms with van der Waals surface area (Å²) in [5.74, 6) is 0.123. The van der Waals surface area contributed by atoms with Crippen molar-refractivity contribution in [1.82, 2.24) is 0 Å². The average Bonchev–Trinajstić information content (AvgIpc) is 1.67. The molecule has 0 amide bonds. The fraction of sp³-hybridized carbons (Fsp3) is 1.00. The van der Waals surface area contributed by atoms with Crippen LogP contribution in [0.5, 0.6) is 0 Å². The van der Waals surface area contributed by atoms with Gasteiger partial charge in [0.2, 0.25) is 0 Å². The lowest BCUT2D eigenvalue weighted by Gasteiger charge is -1.99. The molecule has 0 aromatic carbocycles. The van der Waals surface area contributed by atoms with Crippen molar-refractivity contribution in [2.45, 2.75) is 18.6 Å². The molecule has 0 aromatic heterocycles. The molecule has 0 aromatic rings. The molecule has 0 N–H and O–H groups in total. The van der Waals surface area contributed by atoms with Crippen LogP contribution in [-0.2, 0) is 9.84 Å². The summed E-state index contributed by atoms with van der Waals surface area (Å²) in [5, 5.41) is 0. The molecule has 0 heterocycles. The Morgan fingerprint density at radius 3 is 2.00 bits per heavy atom. The molecular formula is C4H9ClO2S. The van der Waals surface area contributed by atoms with E-state index in [4.69, 9.17) is 11.6 Å². The highest BCUT2D eigenvalue weighted by atomic mass is 35.5. The summed E-state index contributed by atoms with van der Waals surface area (Å²) in [6.07, 6.45) is 0. The average molecular weight is 157 g/mol. The molecule has 0 radical (unpaired) electrons. The summed E-state index contributed by atoms with van der Waals surface area (Å²) in [5.41, 5.74) is 0. The second-order valence-corrected chi connectivity index (χ2v) is 5.02. The second kappa shape index (κ2) is 2.69. The molecule has 0 bridgehead atoms. The van der Waals surface area contributed by atoms with Gasteiger partial charge in [-0.05, 0) is 6.92 Å². The molecule has 4 heteroatoms. The maximum absolute atomic E-state index is 10.6. The SMILES string of the molecule is CCS(=O)(=O)[C@H](C)Cl. The standard InChI is InChI=1S/C4H9ClO2S/c1-3-8(6,7)4(2)5/h4H,3H2,1-2H3/t4-/m1/s1. The van der Waals surface area contributed by atoms with Crippen molar-refractivity contribution in [3.05, 3.63) is 0 Å². The monoisotopic (exact) mass is 156 g/mol. The molecule has 8 heavy (non-hydrogen) atoms. The lowest BCUT2D eigenvalue weighted by atomic mass is 10.9. The molecule has 0 spiro atoms. The van der Waals surface area contributed by atoms with Crippen LogP contribution in [0.3, 0.4) is 0 Å². The first-order valence-corrected chi connectivity index (χ1v) is 4.51. The Morgan fingerprint density at radius 1 is 1.62 bits per heavy atom. The Balaban J connectivity index is 4.17. The van der Waals surface area contributed by atoms with E-state index >= 15 is 0 Å². The zero-order valence-electron chi connectivity index (χ0n) is 4.89. The van der Waals surface area contributed by atoms with Crippen molar-refractivity contribution in [2.24, 2.45) is 0 Å². The van der Waals surface area contributed by atoms with Gasteiger partial charge in [-0.2, -0.15) is 0 Å². The summed E-state index contributed by atoms with van der Waals surface area (Å²) >= 11 is 5.28. The highest BCUT2D eigenvalue weighted by Gasteiger charge is 2.13. The first kappa shape index (κ1) is 8.24. The van der Waals surface area contributed by atoms with Gasteiger partial charge >= 0.3 is 0 Å². The minimum Gasteiger partial charge on any atom is -0.227 e. The maximum atomic E-state index is 10.6. The van der Waals surface area contributed by atoms with Crippen molar-refractivity contribution in [2.75, 3.05) is 5.75 Å². The van der Waals surface area contributed by atoms with Crippen molar-refractivity contribution >= 4 is 21.4 Å². The molecule has 0 saturated heterocycles. The number of sulfone groups is 1. The first-order chi connectivity index (χ1) is 3.50. The van der Waals surface area contributed by atoms with Crippen LogP contribution in [0.2, 0.25) is 0 Å². The summed E-state index contributed by atoms with van der Waals surface area (Å²) in [7, 11) is -2.97. The van der Waals surface area contributed by atoms with Gasteiger partial charge in [-0.15, -0.1) is 11.6 Å². The van der Waals surface area contributed by atoms with Gasteiger partial charge in [-0.1, -0.05) is 6.92 Å². The molecule has 0 saturated carbocycles. The number of alkyl halides is 1. The van der Waals surface area contributed by atoms with Crippen LogP contribution >= 0.6 is 11.6 Å². The van der Waals surface area contributed by atoms with E-state index in [1.807, 2.05) is 0 Å². The Hall–Kier alpha value is 0.240. The van der Waals surface area contributed by atoms with Gasteiger partial charge in [0.1, 0.15) is 4.71 Å². The summed E-state index contributed by atoms with van der Waals surface area (Å²) in [6.45, 7) is 3.04. The van der Waals surface area contributed by atoms with E-state index in [1.54, 1.807) is 6.92 Å². The van der Waals surface area contributed by atoms with E-state index in [0.717, 1.165) is 0 Å². The third kappa shape index (κ3) is 2.01. The number of hydrogen-bond acceptors (Lipinski definition) is 2. The van der Waals surface area contributed by atoms with E-state index in [9.17, 15) is 8.42 Å². The van der Waals surface area contributed by atoms with Gasteiger partial charge in [-0.3, -0.25) is 0 Å². The molecule has 0 aliphatic rings. The molecule has 0 rings (SSSR count). The van der Waals surface area contributed by atoms with E-state index in [1.165, 1.54) is 6.92 Å². The van der Waals surface area contributed by atoms with E-state index in [2.05, 4.69) is 0 Å². The predicted molar refractivity (Wildman–Crippen MR) is 34.8 cm³/mol. The maximum Gasteiger partial charge on any atom is 0.166 e. The fourth-order valence-corrected chi connectivity index (χ4v) is 1.07. The van der Waals surface area contributed by atoms with E-state index in [-0.39, 0.29) is 5.75 Å². The lowest BCUT2D eigenvalue weighted by Crippen LogP contribution is -2.12. The third-order valence-corrected chi connectivity index (χ3v) is 3.51. The molecule has 0 aliphatic heterocycles. The first-order valence-electron chi connectivity index (χ1n) is 2.36. The van der Waals surface area contributed by atoms with Crippen LogP contribution in [0.25, 0.3) is 0 Å². The van der Waals surface area contributed by atoms with Gasteiger partial charge in [0.15, 0.2) is 9.84 Å². The summed E-state index contributed by atoms with van der Waals surface area (Å²) < 4.78 is 20.4. The van der Waals surface area contributed by atoms with Crippen molar-refractivity contribution in [3.63, 3.8) is 0 Å². The Morgan fingerprint density at radius 2 is 2.00 bits per heavy atom. The van der Waals surface area contributed by atoms with Crippen molar-refractivity contribution in [3.8, 4) is 0 Å². The quantitative estimate of drug-likeness (QED) is 0.560. The van der Waals surface area contributed by atoms with Gasteiger partial charge in [0.05, 0.1) is 0 Å². The second-order valence-electron chi connectivity index (χ2n) is 1.49. The summed E-state index contributed by atoms with van der Waals surface area (Å²) in [6, 6.07) is 0. The smallest absolute Gasteiger partial charge is 0.166 e. The zero-order chi connectivity index (χ0) is 6.78. The van der Waals surface area contributed by atoms with Crippen LogP contribution < -0.4 is 0 Å². The fourth-order valence-electron chi connectivity index (χ4n) is 0.230. The molecule has 50 valence electrons.